The monoisotopic (exact) mass is 583 g/mol. The van der Waals surface area contributed by atoms with Crippen LogP contribution in [0, 0.1) is 17.3 Å². The van der Waals surface area contributed by atoms with Crippen LogP contribution in [0.2, 0.25) is 0 Å². The second kappa shape index (κ2) is 11.2. The Hall–Kier alpha value is -3.07. The molecule has 39 heavy (non-hydrogen) atoms. The number of hydrogen-bond acceptors (Lipinski definition) is 6. The molecule has 1 saturated carbocycles. The Kier molecular flexibility index (Phi) is 8.30. The summed E-state index contributed by atoms with van der Waals surface area (Å²) >= 11 is 6.00. The van der Waals surface area contributed by atoms with Gasteiger partial charge in [0.1, 0.15) is 12.3 Å². The number of sulfone groups is 1. The van der Waals surface area contributed by atoms with Crippen LogP contribution in [-0.2, 0) is 16.4 Å². The minimum Gasteiger partial charge on any atom is -0.495 e. The van der Waals surface area contributed by atoms with Gasteiger partial charge in [-0.25, -0.2) is 8.42 Å². The van der Waals surface area contributed by atoms with E-state index in [1.807, 2.05) is 6.07 Å². The van der Waals surface area contributed by atoms with Crippen molar-refractivity contribution in [1.29, 1.82) is 0 Å². The molecule has 1 aliphatic rings. The number of aromatic nitrogens is 1. The molecule has 3 N–H and O–H groups in total. The van der Waals surface area contributed by atoms with E-state index in [2.05, 4.69) is 22.5 Å². The van der Waals surface area contributed by atoms with Crippen LogP contribution in [0.3, 0.4) is 0 Å². The summed E-state index contributed by atoms with van der Waals surface area (Å²) in [5.41, 5.74) is 1.47. The zero-order valence-corrected chi connectivity index (χ0v) is 23.0. The molecule has 0 radical (unpaired) electrons. The Morgan fingerprint density at radius 3 is 2.56 bits per heavy atom. The van der Waals surface area contributed by atoms with Gasteiger partial charge in [0.05, 0.1) is 35.4 Å². The van der Waals surface area contributed by atoms with E-state index in [1.165, 1.54) is 19.2 Å². The highest BCUT2D eigenvalue weighted by Gasteiger charge is 2.43. The Labute approximate surface area is 230 Å². The molecule has 4 rings (SSSR count). The molecule has 0 amide bonds. The van der Waals surface area contributed by atoms with Crippen molar-refractivity contribution < 1.29 is 31.4 Å². The molecule has 0 bridgehead atoms. The molecule has 1 fully saturated rings. The fraction of sp³-hybridized carbons (Fsp3) is 0.407. The summed E-state index contributed by atoms with van der Waals surface area (Å²) < 4.78 is 70.4. The Morgan fingerprint density at radius 1 is 1.21 bits per heavy atom. The summed E-state index contributed by atoms with van der Waals surface area (Å²) in [5, 5.41) is 16.6. The first-order chi connectivity index (χ1) is 18.4. The number of nitrogens with one attached hydrogen (secondary N) is 2. The molecule has 0 atom stereocenters. The van der Waals surface area contributed by atoms with Gasteiger partial charge in [0, 0.05) is 47.3 Å². The second-order valence-electron chi connectivity index (χ2n) is 9.80. The highest BCUT2D eigenvalue weighted by atomic mass is 35.5. The Bertz CT molecular complexity index is 1510. The molecule has 1 aromatic heterocycles. The van der Waals surface area contributed by atoms with Crippen LogP contribution in [0.25, 0.3) is 10.9 Å². The van der Waals surface area contributed by atoms with Gasteiger partial charge in [0.15, 0.2) is 9.84 Å². The molecule has 1 heterocycles. The summed E-state index contributed by atoms with van der Waals surface area (Å²) in [4.78, 5) is 0.101. The number of fused-ring (bicyclic) bond motifs is 1. The average Bonchev–Trinajstić information content (AvgIpc) is 3.19. The molecule has 0 aliphatic heterocycles. The van der Waals surface area contributed by atoms with Gasteiger partial charge in [-0.3, -0.25) is 0 Å². The largest absolute Gasteiger partial charge is 0.495 e. The summed E-state index contributed by atoms with van der Waals surface area (Å²) in [7, 11) is -2.01. The van der Waals surface area contributed by atoms with Gasteiger partial charge in [-0.1, -0.05) is 12.0 Å². The number of methoxy groups -OCH3 is 1. The fourth-order valence-corrected chi connectivity index (χ4v) is 5.71. The molecule has 2 aromatic carbocycles. The number of halogens is 4. The number of alkyl halides is 4. The maximum atomic E-state index is 13.5. The normalized spacial score (nSPS) is 19.2. The predicted molar refractivity (Wildman–Crippen MR) is 146 cm³/mol. The van der Waals surface area contributed by atoms with Crippen LogP contribution in [0.15, 0.2) is 47.4 Å². The van der Waals surface area contributed by atoms with E-state index in [0.717, 1.165) is 10.8 Å². The quantitative estimate of drug-likeness (QED) is 0.246. The fourth-order valence-electron chi connectivity index (χ4n) is 4.77. The first kappa shape index (κ1) is 28.9. The number of aliphatic hydroxyl groups is 1. The van der Waals surface area contributed by atoms with Gasteiger partial charge < -0.3 is 25.0 Å². The van der Waals surface area contributed by atoms with Crippen molar-refractivity contribution in [3.8, 4) is 17.6 Å². The van der Waals surface area contributed by atoms with Gasteiger partial charge in [0.2, 0.25) is 0 Å². The van der Waals surface area contributed by atoms with Crippen molar-refractivity contribution in [1.82, 2.24) is 4.57 Å². The minimum atomic E-state index is -4.45. The second-order valence-corrected chi connectivity index (χ2v) is 12.1. The van der Waals surface area contributed by atoms with Crippen molar-refractivity contribution in [2.45, 2.75) is 36.5 Å². The van der Waals surface area contributed by atoms with Crippen LogP contribution in [0.1, 0.15) is 18.5 Å². The van der Waals surface area contributed by atoms with Crippen LogP contribution < -0.4 is 15.4 Å². The molecule has 210 valence electrons. The van der Waals surface area contributed by atoms with Crippen LogP contribution >= 0.6 is 11.6 Å². The highest BCUT2D eigenvalue weighted by molar-refractivity contribution is 7.90. The lowest BCUT2D eigenvalue weighted by atomic mass is 9.67. The van der Waals surface area contributed by atoms with Crippen molar-refractivity contribution in [2.75, 3.05) is 43.0 Å². The van der Waals surface area contributed by atoms with Crippen molar-refractivity contribution >= 4 is 43.7 Å². The zero-order valence-electron chi connectivity index (χ0n) is 21.4. The topological polar surface area (TPSA) is 92.6 Å². The lowest BCUT2D eigenvalue weighted by Crippen LogP contribution is -2.48. The van der Waals surface area contributed by atoms with Gasteiger partial charge >= 0.3 is 6.18 Å². The molecule has 7 nitrogen and oxygen atoms in total. The molecule has 12 heteroatoms. The molecule has 3 aromatic rings. The maximum Gasteiger partial charge on any atom is 0.406 e. The number of anilines is 2. The molecular formula is C27H29ClF3N3O4S. The van der Waals surface area contributed by atoms with Gasteiger partial charge in [-0.05, 0) is 49.1 Å². The molecule has 0 spiro atoms. The first-order valence-corrected chi connectivity index (χ1v) is 14.5. The average molecular weight is 584 g/mol. The summed E-state index contributed by atoms with van der Waals surface area (Å²) in [6, 6.07) is 11.2. The number of ether oxygens (including phenoxy) is 1. The number of rotatable bonds is 9. The third-order valence-electron chi connectivity index (χ3n) is 6.81. The van der Waals surface area contributed by atoms with Crippen LogP contribution in [0.4, 0.5) is 24.5 Å². The van der Waals surface area contributed by atoms with Crippen LogP contribution in [-0.4, -0.2) is 62.7 Å². The highest BCUT2D eigenvalue weighted by Crippen LogP contribution is 2.44. The lowest BCUT2D eigenvalue weighted by molar-refractivity contribution is -0.140. The zero-order chi connectivity index (χ0) is 28.4. The van der Waals surface area contributed by atoms with Crippen molar-refractivity contribution in [2.24, 2.45) is 5.41 Å². The SMILES string of the molecule is COc1cc(S(C)(=O)=O)ccc1NCC#Cc1cc2c(NC3CC(CO)(CCl)C3)cccc2n1CC(F)(F)F. The first-order valence-electron chi connectivity index (χ1n) is 12.1. The van der Waals surface area contributed by atoms with E-state index in [9.17, 15) is 26.7 Å². The van der Waals surface area contributed by atoms with Gasteiger partial charge in [-0.2, -0.15) is 13.2 Å². The Balaban J connectivity index is 1.58. The van der Waals surface area contributed by atoms with E-state index >= 15 is 0 Å². The number of hydrogen-bond donors (Lipinski definition) is 3. The maximum absolute atomic E-state index is 13.5. The van der Waals surface area contributed by atoms with Crippen LogP contribution in [0.5, 0.6) is 5.75 Å². The molecule has 0 unspecified atom stereocenters. The number of nitrogens with zero attached hydrogens (tertiary/aromatic N) is 1. The minimum absolute atomic E-state index is 0.0116. The Morgan fingerprint density at radius 2 is 1.95 bits per heavy atom. The molecule has 1 aliphatic carbocycles. The predicted octanol–water partition coefficient (Wildman–Crippen LogP) is 4.87. The smallest absolute Gasteiger partial charge is 0.406 e. The lowest BCUT2D eigenvalue weighted by Gasteiger charge is -2.46. The van der Waals surface area contributed by atoms with E-state index in [0.29, 0.717) is 46.7 Å². The molecular weight excluding hydrogens is 555 g/mol. The molecule has 0 saturated heterocycles. The summed E-state index contributed by atoms with van der Waals surface area (Å²) in [5.74, 6) is 6.35. The summed E-state index contributed by atoms with van der Waals surface area (Å²) in [6.45, 7) is -1.12. The summed E-state index contributed by atoms with van der Waals surface area (Å²) in [6.07, 6.45) is -2.03. The van der Waals surface area contributed by atoms with Crippen molar-refractivity contribution in [3.05, 3.63) is 48.2 Å². The third kappa shape index (κ3) is 6.57. The van der Waals surface area contributed by atoms with Gasteiger partial charge in [0.25, 0.3) is 0 Å². The van der Waals surface area contributed by atoms with E-state index in [4.69, 9.17) is 16.3 Å². The van der Waals surface area contributed by atoms with E-state index in [-0.39, 0.29) is 35.2 Å². The van der Waals surface area contributed by atoms with Crippen molar-refractivity contribution in [3.63, 3.8) is 0 Å². The number of aliphatic hydroxyl groups excluding tert-OH is 1. The third-order valence-corrected chi connectivity index (χ3v) is 8.48. The standard InChI is InChI=1S/C27H29ClF3N3O4S/c1-38-25-12-20(39(2,36)37)8-9-23(25)32-10-4-5-19-11-21-22(33-18-13-26(14-18,15-28)17-35)6-3-7-24(21)34(19)16-27(29,30)31/h3,6-9,11-12,18,32-33,35H,10,13-17H2,1-2H3. The number of benzene rings is 2. The van der Waals surface area contributed by atoms with E-state index < -0.39 is 22.6 Å². The van der Waals surface area contributed by atoms with E-state index in [1.54, 1.807) is 24.3 Å². The van der Waals surface area contributed by atoms with Gasteiger partial charge in [-0.15, -0.1) is 11.6 Å².